The Labute approximate surface area is 880 Å². The molecule has 41 heteroatoms. The van der Waals surface area contributed by atoms with Crippen molar-refractivity contribution in [1.29, 1.82) is 0 Å². The van der Waals surface area contributed by atoms with E-state index < -0.39 is 55.9 Å². The number of halogens is 2. The number of hydrogen-bond donors (Lipinski definition) is 7. The summed E-state index contributed by atoms with van der Waals surface area (Å²) < 4.78 is 156. The second kappa shape index (κ2) is 46.0. The predicted octanol–water partition coefficient (Wildman–Crippen LogP) is 19.3. The van der Waals surface area contributed by atoms with Crippen molar-refractivity contribution >= 4 is 166 Å². The zero-order chi connectivity index (χ0) is 104. The molecular formula is C108H124F2N20O11S8. The number of aromatic nitrogens is 9. The summed E-state index contributed by atoms with van der Waals surface area (Å²) in [7, 11) is -14.9. The minimum Gasteiger partial charge on any atom is -0.382 e. The van der Waals surface area contributed by atoms with Gasteiger partial charge in [-0.2, -0.15) is 13.1 Å². The van der Waals surface area contributed by atoms with Gasteiger partial charge >= 0.3 is 10.6 Å². The van der Waals surface area contributed by atoms with Crippen LogP contribution in [0.4, 0.5) is 37.2 Å². The van der Waals surface area contributed by atoms with E-state index >= 15 is 0 Å². The normalized spacial score (nSPS) is 17.7. The van der Waals surface area contributed by atoms with Crippen molar-refractivity contribution in [3.63, 3.8) is 0 Å². The van der Waals surface area contributed by atoms with Crippen LogP contribution < -0.4 is 36.8 Å². The molecule has 6 aromatic carbocycles. The summed E-state index contributed by atoms with van der Waals surface area (Å²) in [6.45, 7) is 15.3. The van der Waals surface area contributed by atoms with Crippen LogP contribution in [0.3, 0.4) is 0 Å². The Balaban J connectivity index is 0.000000117. The van der Waals surface area contributed by atoms with E-state index in [2.05, 4.69) is 174 Å². The lowest BCUT2D eigenvalue weighted by atomic mass is 9.98. The number of hydrogen-bond acceptors (Lipinski definition) is 28. The van der Waals surface area contributed by atoms with Gasteiger partial charge in [-0.15, -0.1) is 22.7 Å². The van der Waals surface area contributed by atoms with Crippen LogP contribution in [0.1, 0.15) is 137 Å². The van der Waals surface area contributed by atoms with Gasteiger partial charge in [-0.3, -0.25) is 34.7 Å². The molecule has 5 aliphatic heterocycles. The highest BCUT2D eigenvalue weighted by molar-refractivity contribution is 7.91. The molecule has 14 heterocycles. The summed E-state index contributed by atoms with van der Waals surface area (Å²) >= 11 is 4.53. The van der Waals surface area contributed by atoms with Gasteiger partial charge in [0.25, 0.3) is 10.0 Å². The van der Waals surface area contributed by atoms with Crippen molar-refractivity contribution in [2.24, 2.45) is 0 Å². The van der Waals surface area contributed by atoms with Crippen molar-refractivity contribution in [3.8, 4) is 53.8 Å². The monoisotopic (exact) mass is 2170 g/mol. The lowest BCUT2D eigenvalue weighted by molar-refractivity contribution is 0.212. The molecule has 8 fully saturated rings. The zero-order valence-corrected chi connectivity index (χ0v) is 90.5. The fraction of sp³-hybridized carbons (Fsp3) is 0.398. The number of pyridine rings is 6. The molecule has 3 saturated carbocycles. The second-order valence-corrected chi connectivity index (χ2v) is 53.5. The number of benzene rings is 6. The highest BCUT2D eigenvalue weighted by Gasteiger charge is 2.45. The average Bonchev–Trinajstić information content (AvgIpc) is 1.64. The standard InChI is InChI=1S/C24H30N4O2S.C22H24F2N4O2S.2C21H24N4O2S2.C20H22N4O3S2/c1-3-31(29,30)28-11-8-22(9-12-28)27-24-15-21(14-20-7-10-26-17-23(20)24)19-6-4-5-18(13-19)16-25-2;1-14-9-17(10-15(2)26-14)18-11-16-3-6-25-13-20(16)21(12-18)27-19-4-7-28(8-5-19)31(29,30)22(23)24;1-14-13-28-21(23-14)16-10-15-4-7-22-12-19(15)20(11-16)24-17-5-8-25(9-6-17)29(26,27)18-2-3-18;1-14-12-23-21(28-14)16-10-15-4-7-22-13-19(15)20(11-16)24-17-5-8-25(9-6-17)29(26,27)18-2-3-18;25-20-22-12-19(28-20)14-9-13-3-6-21-11-17(13)18(10-14)23-15-4-7-24(8-5-15)29(26,27)16-1-2-16/h4-7,10,13-15,17,22,25,27H,3,8-9,11-12,16H2,1-2H3;3,6,9-13,19,22,27H,4-5,7-8H2,1-2H3;2*4,7,10-13,17-18,24H,2-3,5-6,8-9H2,1H3;3,6,9-12,15-16,23H,1-2,4-5,7-8H2,(H,22,25). The highest BCUT2D eigenvalue weighted by Crippen LogP contribution is 2.43. The van der Waals surface area contributed by atoms with E-state index in [1.54, 1.807) is 71.6 Å². The summed E-state index contributed by atoms with van der Waals surface area (Å²) in [5, 5.41) is 35.7. The van der Waals surface area contributed by atoms with Gasteiger partial charge < -0.3 is 36.9 Å². The summed E-state index contributed by atoms with van der Waals surface area (Å²) in [4.78, 5) is 51.4. The molecule has 0 unspecified atom stereocenters. The predicted molar refractivity (Wildman–Crippen MR) is 597 cm³/mol. The minimum atomic E-state index is -4.53. The van der Waals surface area contributed by atoms with Crippen LogP contribution in [0.5, 0.6) is 0 Å². The molecule has 0 spiro atoms. The third kappa shape index (κ3) is 25.5. The smallest absolute Gasteiger partial charge is 0.350 e. The Bertz CT molecular complexity index is 7830. The van der Waals surface area contributed by atoms with Crippen LogP contribution in [0.2, 0.25) is 0 Å². The largest absolute Gasteiger partial charge is 0.382 e. The first-order valence-corrected chi connectivity index (χ1v) is 61.1. The van der Waals surface area contributed by atoms with Crippen molar-refractivity contribution < 1.29 is 50.9 Å². The minimum absolute atomic E-state index is 0.0244. The van der Waals surface area contributed by atoms with E-state index in [4.69, 9.17) is 0 Å². The first-order chi connectivity index (χ1) is 71.7. The maximum absolute atomic E-state index is 12.8. The topological polar surface area (TPSA) is 395 Å². The van der Waals surface area contributed by atoms with Gasteiger partial charge in [0.1, 0.15) is 10.0 Å². The number of rotatable bonds is 27. The number of nitrogens with one attached hydrogen (secondary N) is 7. The molecule has 7 N–H and O–H groups in total. The molecule has 0 bridgehead atoms. The molecule has 8 aliphatic rings. The Morgan fingerprint density at radius 1 is 0.383 bits per heavy atom. The third-order valence-electron chi connectivity index (χ3n) is 28.7. The van der Waals surface area contributed by atoms with E-state index in [-0.39, 0.29) is 69.7 Å². The highest BCUT2D eigenvalue weighted by atomic mass is 32.2. The number of nitrogens with zero attached hydrogens (tertiary/aromatic N) is 13. The van der Waals surface area contributed by atoms with Gasteiger partial charge in [0.15, 0.2) is 0 Å². The van der Waals surface area contributed by atoms with Crippen LogP contribution in [0.15, 0.2) is 212 Å². The van der Waals surface area contributed by atoms with Gasteiger partial charge in [-0.25, -0.2) is 69.3 Å². The summed E-state index contributed by atoms with van der Waals surface area (Å²) in [5.41, 5.74) is 16.7. The molecule has 149 heavy (non-hydrogen) atoms. The fourth-order valence-electron chi connectivity index (χ4n) is 20.2. The molecule has 15 aromatic rings. The maximum atomic E-state index is 12.8. The molecular weight excluding hydrogens is 2050 g/mol. The zero-order valence-electron chi connectivity index (χ0n) is 84.0. The van der Waals surface area contributed by atoms with E-state index in [1.807, 2.05) is 120 Å². The van der Waals surface area contributed by atoms with Crippen LogP contribution in [0, 0.1) is 27.7 Å². The van der Waals surface area contributed by atoms with Gasteiger partial charge in [0, 0.05) is 270 Å². The number of alkyl halides is 2. The quantitative estimate of drug-likeness (QED) is 0.0251. The van der Waals surface area contributed by atoms with Gasteiger partial charge in [-0.05, 0) is 314 Å². The molecule has 9 aromatic heterocycles. The molecule has 5 saturated heterocycles. The van der Waals surface area contributed by atoms with Crippen molar-refractivity contribution in [3.05, 3.63) is 244 Å². The van der Waals surface area contributed by atoms with Crippen LogP contribution >= 0.6 is 34.0 Å². The van der Waals surface area contributed by atoms with E-state index in [0.29, 0.717) is 65.2 Å². The van der Waals surface area contributed by atoms with Crippen molar-refractivity contribution in [1.82, 2.24) is 71.7 Å². The molecule has 0 radical (unpaired) electrons. The molecule has 3 aliphatic carbocycles. The average molecular weight is 2170 g/mol. The third-order valence-corrected chi connectivity index (χ3v) is 42.2. The fourth-order valence-corrected chi connectivity index (χ4v) is 30.1. The lowest BCUT2D eigenvalue weighted by Crippen LogP contribution is -2.44. The lowest BCUT2D eigenvalue weighted by Gasteiger charge is -2.32. The number of H-pyrrole nitrogens is 1. The summed E-state index contributed by atoms with van der Waals surface area (Å²) in [5.74, 6) is -3.22. The number of aryl methyl sites for hydroxylation is 4. The van der Waals surface area contributed by atoms with Gasteiger partial charge in [0.2, 0.25) is 40.1 Å². The number of anilines is 5. The van der Waals surface area contributed by atoms with Gasteiger partial charge in [-0.1, -0.05) is 29.5 Å². The van der Waals surface area contributed by atoms with Gasteiger partial charge in [0.05, 0.1) is 26.4 Å². The van der Waals surface area contributed by atoms with Crippen LogP contribution in [-0.2, 0) is 56.7 Å². The van der Waals surface area contributed by atoms with Crippen molar-refractivity contribution in [2.75, 3.05) is 105 Å². The van der Waals surface area contributed by atoms with Crippen LogP contribution in [-0.4, -0.2) is 238 Å². The maximum Gasteiger partial charge on any atom is 0.350 e. The van der Waals surface area contributed by atoms with Crippen LogP contribution in [0.25, 0.3) is 108 Å². The molecule has 23 rings (SSSR count). The summed E-state index contributed by atoms with van der Waals surface area (Å²) in [6.07, 6.45) is 34.1. The first-order valence-electron chi connectivity index (χ1n) is 50.9. The number of aromatic amines is 1. The Hall–Kier alpha value is -11.4. The number of fused-ring (bicyclic) bond motifs is 5. The number of thiazole rings is 3. The Morgan fingerprint density at radius 3 is 1.07 bits per heavy atom. The van der Waals surface area contributed by atoms with E-state index in [0.717, 1.165) is 248 Å². The number of piperidine rings is 5. The van der Waals surface area contributed by atoms with Crippen molar-refractivity contribution in [2.45, 2.75) is 196 Å². The molecule has 31 nitrogen and oxygen atoms in total. The Morgan fingerprint density at radius 2 is 0.732 bits per heavy atom. The second-order valence-electron chi connectivity index (χ2n) is 39.6. The Kier molecular flexibility index (Phi) is 32.7. The SMILES string of the molecule is CCS(=O)(=O)N1CCC(Nc2cc(-c3cccc(CNC)c3)cc3ccncc23)CC1.Cc1cc(-c2cc(NC3CCN(S(=O)(=O)C(F)F)CC3)c3cnccc3c2)cc(C)n1.Cc1cnc(-c2cc(NC3CCN(S(=O)(=O)C4CC4)CC3)c3cnccc3c2)s1.Cc1csc(-c2cc(NC3CCN(S(=O)(=O)C4CC4)CC3)c3cnccc3c2)n1.O=c1[nH]cc(-c2cc(NC3CCN(S(=O)(=O)C4CC4)CC3)c3cnccc3c2)s1. The van der Waals surface area contributed by atoms with E-state index in [1.165, 1.54) is 27.3 Å². The van der Waals surface area contributed by atoms with E-state index in [9.17, 15) is 55.7 Å². The number of sulfonamides is 5. The molecule has 784 valence electrons. The summed E-state index contributed by atoms with van der Waals surface area (Å²) in [6, 6.07) is 44.8. The first kappa shape index (κ1) is 106. The molecule has 0 amide bonds. The molecule has 0 atom stereocenters.